The number of amidine groups is 2. The predicted molar refractivity (Wildman–Crippen MR) is 239 cm³/mol. The molecule has 0 amide bonds. The monoisotopic (exact) mass is 750 g/mol. The van der Waals surface area contributed by atoms with Crippen LogP contribution in [0.4, 0.5) is 0 Å². The second-order valence-corrected chi connectivity index (χ2v) is 15.9. The molecule has 10 aromatic rings. The molecule has 3 aromatic heterocycles. The maximum atomic E-state index is 7.30. The summed E-state index contributed by atoms with van der Waals surface area (Å²) in [5, 5.41) is 10.7. The molecular formula is C51H34N4OS. The standard InChI is InChI=1S/C51H34N4OS/c1-3-14-31(15-4-1)49-52-50(32-16-5-2-6-17-32)54-51(53-49)39-28-27-34(33-26-29-45-40(30-33)37-20-9-12-25-44(37)57-45)48-46(39)38-21-13-24-43(47(38)56-48)55-41-22-10-7-18-35(41)36-19-8-11-23-42(36)55/h1-5,7-16,18-30,49H,6,17H2,(H,52,53,54). The van der Waals surface area contributed by atoms with Gasteiger partial charge in [0.1, 0.15) is 17.6 Å². The zero-order valence-corrected chi connectivity index (χ0v) is 31.6. The van der Waals surface area contributed by atoms with Crippen LogP contribution in [0.1, 0.15) is 30.1 Å². The summed E-state index contributed by atoms with van der Waals surface area (Å²) in [5.74, 6) is 1.55. The fraction of sp³-hybridized carbons (Fsp3) is 0.0588. The number of nitrogens with one attached hydrogen (secondary N) is 1. The first-order valence-electron chi connectivity index (χ1n) is 19.5. The molecule has 5 nitrogen and oxygen atoms in total. The molecule has 7 aromatic carbocycles. The normalized spacial score (nSPS) is 15.8. The van der Waals surface area contributed by atoms with Crippen LogP contribution in [0.5, 0.6) is 0 Å². The molecule has 4 heterocycles. The number of allylic oxidation sites excluding steroid dienone is 3. The molecule has 0 spiro atoms. The number of hydrogen-bond acceptors (Lipinski definition) is 5. The van der Waals surface area contributed by atoms with Crippen LogP contribution in [0.25, 0.3) is 80.7 Å². The summed E-state index contributed by atoms with van der Waals surface area (Å²) in [5.41, 5.74) is 10.3. The van der Waals surface area contributed by atoms with Crippen molar-refractivity contribution in [3.8, 4) is 16.8 Å². The lowest BCUT2D eigenvalue weighted by Gasteiger charge is -2.25. The first-order chi connectivity index (χ1) is 28.3. The smallest absolute Gasteiger partial charge is 0.160 e. The van der Waals surface area contributed by atoms with Crippen LogP contribution >= 0.6 is 11.3 Å². The second kappa shape index (κ2) is 12.8. The SMILES string of the molecule is C1=CCCC(C2=NC(c3ccc(-c4ccc5sc6ccccc6c5c4)c4oc5c(-n6c7ccccc7c7ccccc76)cccc5c34)=NC(c3ccccc3)N2)=C1. The van der Waals surface area contributed by atoms with Crippen molar-refractivity contribution in [3.63, 3.8) is 0 Å². The number of hydrogen-bond donors (Lipinski definition) is 1. The quantitative estimate of drug-likeness (QED) is 0.190. The third kappa shape index (κ3) is 5.07. The van der Waals surface area contributed by atoms with Crippen molar-refractivity contribution in [2.75, 3.05) is 0 Å². The second-order valence-electron chi connectivity index (χ2n) is 14.8. The summed E-state index contributed by atoms with van der Waals surface area (Å²) in [6.45, 7) is 0. The third-order valence-electron chi connectivity index (χ3n) is 11.6. The highest BCUT2D eigenvalue weighted by Crippen LogP contribution is 2.44. The van der Waals surface area contributed by atoms with Gasteiger partial charge in [0.15, 0.2) is 11.4 Å². The van der Waals surface area contributed by atoms with E-state index >= 15 is 0 Å². The minimum absolute atomic E-state index is 0.296. The van der Waals surface area contributed by atoms with Gasteiger partial charge < -0.3 is 14.3 Å². The summed E-state index contributed by atoms with van der Waals surface area (Å²) in [4.78, 5) is 10.7. The molecule has 12 rings (SSSR count). The van der Waals surface area contributed by atoms with E-state index in [4.69, 9.17) is 14.4 Å². The molecule has 2 aliphatic rings. The fourth-order valence-corrected chi connectivity index (χ4v) is 9.98. The van der Waals surface area contributed by atoms with E-state index in [9.17, 15) is 0 Å². The van der Waals surface area contributed by atoms with E-state index in [0.29, 0.717) is 5.84 Å². The summed E-state index contributed by atoms with van der Waals surface area (Å²) >= 11 is 1.84. The van der Waals surface area contributed by atoms with Gasteiger partial charge in [0.05, 0.1) is 16.7 Å². The van der Waals surface area contributed by atoms with E-state index in [0.717, 1.165) is 79.6 Å². The van der Waals surface area contributed by atoms with Gasteiger partial charge in [-0.2, -0.15) is 0 Å². The molecule has 57 heavy (non-hydrogen) atoms. The maximum Gasteiger partial charge on any atom is 0.160 e. The van der Waals surface area contributed by atoms with Crippen molar-refractivity contribution in [1.82, 2.24) is 9.88 Å². The van der Waals surface area contributed by atoms with Crippen molar-refractivity contribution in [2.45, 2.75) is 19.0 Å². The number of fused-ring (bicyclic) bond motifs is 9. The Balaban J connectivity index is 1.16. The van der Waals surface area contributed by atoms with E-state index in [1.165, 1.54) is 36.5 Å². The van der Waals surface area contributed by atoms with Gasteiger partial charge in [0, 0.05) is 52.8 Å². The van der Waals surface area contributed by atoms with Crippen molar-refractivity contribution in [2.24, 2.45) is 9.98 Å². The average Bonchev–Trinajstić information content (AvgIpc) is 3.96. The van der Waals surface area contributed by atoms with Crippen LogP contribution in [0.2, 0.25) is 0 Å². The van der Waals surface area contributed by atoms with E-state index in [2.05, 4.69) is 174 Å². The molecular weight excluding hydrogens is 717 g/mol. The fourth-order valence-electron chi connectivity index (χ4n) is 8.89. The highest BCUT2D eigenvalue weighted by atomic mass is 32.1. The van der Waals surface area contributed by atoms with Crippen molar-refractivity contribution in [3.05, 3.63) is 187 Å². The molecule has 1 N–H and O–H groups in total. The van der Waals surface area contributed by atoms with E-state index in [1.54, 1.807) is 0 Å². The minimum atomic E-state index is -0.296. The van der Waals surface area contributed by atoms with Crippen molar-refractivity contribution in [1.29, 1.82) is 0 Å². The third-order valence-corrected chi connectivity index (χ3v) is 12.7. The lowest BCUT2D eigenvalue weighted by Crippen LogP contribution is -2.34. The molecule has 0 saturated carbocycles. The first-order valence-corrected chi connectivity index (χ1v) is 20.3. The number of rotatable bonds is 5. The highest BCUT2D eigenvalue weighted by molar-refractivity contribution is 7.25. The average molecular weight is 751 g/mol. The molecule has 0 radical (unpaired) electrons. The van der Waals surface area contributed by atoms with Gasteiger partial charge in [-0.3, -0.25) is 0 Å². The number of aromatic nitrogens is 1. The van der Waals surface area contributed by atoms with Crippen LogP contribution < -0.4 is 5.32 Å². The Labute approximate surface area is 332 Å². The molecule has 1 aliphatic carbocycles. The van der Waals surface area contributed by atoms with Gasteiger partial charge in [-0.05, 0) is 78.1 Å². The summed E-state index contributed by atoms with van der Waals surface area (Å²) < 4.78 is 12.2. The van der Waals surface area contributed by atoms with Gasteiger partial charge in [-0.1, -0.05) is 121 Å². The summed E-state index contributed by atoms with van der Waals surface area (Å²) in [6, 6.07) is 54.2. The lowest BCUT2D eigenvalue weighted by atomic mass is 9.96. The van der Waals surface area contributed by atoms with Gasteiger partial charge in [0.2, 0.25) is 0 Å². The number of para-hydroxylation sites is 3. The zero-order chi connectivity index (χ0) is 37.5. The van der Waals surface area contributed by atoms with Crippen molar-refractivity contribution < 1.29 is 4.42 Å². The van der Waals surface area contributed by atoms with Gasteiger partial charge in [-0.25, -0.2) is 9.98 Å². The Hall–Kier alpha value is -7.02. The highest BCUT2D eigenvalue weighted by Gasteiger charge is 2.27. The number of thiophene rings is 1. The zero-order valence-electron chi connectivity index (χ0n) is 30.8. The van der Waals surface area contributed by atoms with Crippen LogP contribution in [-0.4, -0.2) is 16.2 Å². The number of furan rings is 1. The number of aliphatic imine (C=N–C) groups is 2. The molecule has 0 fully saturated rings. The van der Waals surface area contributed by atoms with E-state index < -0.39 is 0 Å². The Bertz CT molecular complexity index is 3340. The molecule has 6 heteroatoms. The van der Waals surface area contributed by atoms with Crippen LogP contribution in [0.3, 0.4) is 0 Å². The Morgan fingerprint density at radius 3 is 2.16 bits per heavy atom. The molecule has 1 aliphatic heterocycles. The minimum Gasteiger partial charge on any atom is -0.453 e. The van der Waals surface area contributed by atoms with Gasteiger partial charge in [0.25, 0.3) is 0 Å². The lowest BCUT2D eigenvalue weighted by molar-refractivity contribution is 0.666. The van der Waals surface area contributed by atoms with Crippen LogP contribution in [0.15, 0.2) is 190 Å². The maximum absolute atomic E-state index is 7.30. The predicted octanol–water partition coefficient (Wildman–Crippen LogP) is 13.4. The largest absolute Gasteiger partial charge is 0.453 e. The summed E-state index contributed by atoms with van der Waals surface area (Å²) in [6.07, 6.45) is 8.12. The van der Waals surface area contributed by atoms with E-state index in [1.807, 2.05) is 17.4 Å². The molecule has 270 valence electrons. The van der Waals surface area contributed by atoms with Gasteiger partial charge in [-0.15, -0.1) is 11.3 Å². The Morgan fingerprint density at radius 2 is 1.35 bits per heavy atom. The topological polar surface area (TPSA) is 54.8 Å². The summed E-state index contributed by atoms with van der Waals surface area (Å²) in [7, 11) is 0. The first kappa shape index (κ1) is 32.2. The molecule has 0 bridgehead atoms. The van der Waals surface area contributed by atoms with Crippen LogP contribution in [-0.2, 0) is 0 Å². The van der Waals surface area contributed by atoms with Crippen molar-refractivity contribution >= 4 is 86.9 Å². The van der Waals surface area contributed by atoms with E-state index in [-0.39, 0.29) is 6.17 Å². The van der Waals surface area contributed by atoms with Crippen LogP contribution in [0, 0.1) is 0 Å². The number of nitrogens with zero attached hydrogens (tertiary/aromatic N) is 3. The van der Waals surface area contributed by atoms with Gasteiger partial charge >= 0.3 is 0 Å². The molecule has 1 atom stereocenters. The number of benzene rings is 7. The Kier molecular flexibility index (Phi) is 7.22. The molecule has 0 saturated heterocycles. The Morgan fingerprint density at radius 1 is 0.632 bits per heavy atom. The molecule has 1 unspecified atom stereocenters.